The number of hydrogen-bond donors (Lipinski definition) is 1. The van der Waals surface area contributed by atoms with Crippen LogP contribution in [0, 0.1) is 0 Å². The van der Waals surface area contributed by atoms with E-state index >= 15 is 0 Å². The standard InChI is InChI=1S/CH4O.Fe.Mg.Zn.2H/c1-2;;;;;/h2H,1H3;;;;;. The summed E-state index contributed by atoms with van der Waals surface area (Å²) in [5, 5.41) is 7.00. The molecule has 28 valence electrons. The molecular weight excluding hydrogens is 174 g/mol. The molecule has 0 aromatic rings. The molecule has 0 aromatic carbocycles. The van der Waals surface area contributed by atoms with Crippen LogP contribution in [0.25, 0.3) is 0 Å². The fraction of sp³-hybridized carbons (Fsp3) is 1.00. The van der Waals surface area contributed by atoms with Crippen LogP contribution in [0.4, 0.5) is 0 Å². The van der Waals surface area contributed by atoms with Crippen LogP contribution in [0.15, 0.2) is 0 Å². The van der Waals surface area contributed by atoms with Crippen LogP contribution in [0.1, 0.15) is 0 Å². The van der Waals surface area contributed by atoms with E-state index in [1.807, 2.05) is 0 Å². The average Bonchev–Trinajstić information content (AvgIpc) is 1.00. The maximum atomic E-state index is 7.00. The minimum absolute atomic E-state index is 0. The second-order valence-corrected chi connectivity index (χ2v) is 0. The van der Waals surface area contributed by atoms with E-state index in [1.165, 1.54) is 0 Å². The zero-order chi connectivity index (χ0) is 2.00. The summed E-state index contributed by atoms with van der Waals surface area (Å²) in [5.74, 6) is 0. The average molecular weight is 180 g/mol. The smallest absolute Gasteiger partial charge is 0.316 e. The molecule has 0 rings (SSSR count). The van der Waals surface area contributed by atoms with Gasteiger partial charge in [-0.1, -0.05) is 0 Å². The molecule has 0 saturated heterocycles. The van der Waals surface area contributed by atoms with Gasteiger partial charge in [0.15, 0.2) is 0 Å². The monoisotopic (exact) mass is 178 g/mol. The molecular formula is CH6FeMgOZn. The molecule has 0 aliphatic heterocycles. The van der Waals surface area contributed by atoms with Crippen molar-refractivity contribution in [3.63, 3.8) is 0 Å². The molecule has 1 nitrogen and oxygen atoms in total. The molecule has 0 unspecified atom stereocenters. The Hall–Kier alpha value is 1.87. The molecule has 0 atom stereocenters. The first kappa shape index (κ1) is 28.7. The molecule has 0 radical (unpaired) electrons. The summed E-state index contributed by atoms with van der Waals surface area (Å²) >= 11 is 0. The fourth-order valence-corrected chi connectivity index (χ4v) is 0. The van der Waals surface area contributed by atoms with Gasteiger partial charge in [0.1, 0.15) is 0 Å². The molecule has 0 aliphatic carbocycles. The predicted molar refractivity (Wildman–Crippen MR) is 16.7 cm³/mol. The minimum atomic E-state index is 0. The number of hydrogen-bond acceptors (Lipinski definition) is 1. The first-order chi connectivity index (χ1) is 1.00. The van der Waals surface area contributed by atoms with Gasteiger partial charge in [0.05, 0.1) is 0 Å². The van der Waals surface area contributed by atoms with Crippen molar-refractivity contribution in [2.45, 2.75) is 0 Å². The minimum Gasteiger partial charge on any atom is -0.400 e. The van der Waals surface area contributed by atoms with E-state index in [-0.39, 0.29) is 59.6 Å². The van der Waals surface area contributed by atoms with Crippen LogP contribution in [0.2, 0.25) is 0 Å². The Bertz CT molecular complexity index is 11.6. The molecule has 0 amide bonds. The van der Waals surface area contributed by atoms with E-state index in [2.05, 4.69) is 0 Å². The molecule has 4 heteroatoms. The van der Waals surface area contributed by atoms with Crippen LogP contribution in [-0.4, -0.2) is 35.3 Å². The molecule has 0 aliphatic rings. The Morgan fingerprint density at radius 2 is 1.20 bits per heavy atom. The number of rotatable bonds is 0. The third-order valence-corrected chi connectivity index (χ3v) is 0. The fourth-order valence-electron chi connectivity index (χ4n) is 0. The predicted octanol–water partition coefficient (Wildman–Crippen LogP) is -1.31. The van der Waals surface area contributed by atoms with Crippen LogP contribution >= 0.6 is 0 Å². The van der Waals surface area contributed by atoms with Gasteiger partial charge in [-0.05, 0) is 0 Å². The van der Waals surface area contributed by atoms with E-state index in [0.717, 1.165) is 7.11 Å². The summed E-state index contributed by atoms with van der Waals surface area (Å²) in [6.07, 6.45) is 0. The topological polar surface area (TPSA) is 20.2 Å². The number of aliphatic hydroxyl groups excluding tert-OH is 1. The van der Waals surface area contributed by atoms with Gasteiger partial charge in [-0.3, -0.25) is 0 Å². The zero-order valence-corrected chi connectivity index (χ0v) is 6.58. The van der Waals surface area contributed by atoms with Gasteiger partial charge >= 0.3 is 23.1 Å². The van der Waals surface area contributed by atoms with Crippen molar-refractivity contribution < 1.29 is 41.7 Å². The summed E-state index contributed by atoms with van der Waals surface area (Å²) in [5.41, 5.74) is 0. The van der Waals surface area contributed by atoms with Crippen molar-refractivity contribution in [1.29, 1.82) is 0 Å². The second kappa shape index (κ2) is 39.8. The molecule has 0 bridgehead atoms. The Morgan fingerprint density at radius 1 is 1.20 bits per heavy atom. The molecule has 0 saturated carbocycles. The summed E-state index contributed by atoms with van der Waals surface area (Å²) in [7, 11) is 1.00. The molecule has 5 heavy (non-hydrogen) atoms. The van der Waals surface area contributed by atoms with Crippen molar-refractivity contribution in [3.8, 4) is 0 Å². The maximum absolute atomic E-state index is 7.00. The molecule has 0 heterocycles. The van der Waals surface area contributed by atoms with Gasteiger partial charge in [0.25, 0.3) is 0 Å². The van der Waals surface area contributed by atoms with Crippen molar-refractivity contribution >= 4 is 23.1 Å². The van der Waals surface area contributed by atoms with Gasteiger partial charge in [-0.25, -0.2) is 0 Å². The summed E-state index contributed by atoms with van der Waals surface area (Å²) < 4.78 is 0. The third kappa shape index (κ3) is 25.1. The van der Waals surface area contributed by atoms with E-state index in [4.69, 9.17) is 5.11 Å². The van der Waals surface area contributed by atoms with E-state index in [9.17, 15) is 0 Å². The Kier molecular flexibility index (Phi) is 229. The molecule has 0 fully saturated rings. The Labute approximate surface area is 71.3 Å². The first-order valence-electron chi connectivity index (χ1n) is 0.447. The zero-order valence-electron chi connectivity index (χ0n) is 2.51. The summed E-state index contributed by atoms with van der Waals surface area (Å²) in [6.45, 7) is 0. The van der Waals surface area contributed by atoms with Crippen LogP contribution in [-0.2, 0) is 36.5 Å². The van der Waals surface area contributed by atoms with Crippen molar-refractivity contribution in [2.24, 2.45) is 0 Å². The second-order valence-electron chi connectivity index (χ2n) is 0. The molecule has 1 N–H and O–H groups in total. The van der Waals surface area contributed by atoms with Crippen molar-refractivity contribution in [1.82, 2.24) is 0 Å². The van der Waals surface area contributed by atoms with Crippen LogP contribution in [0.5, 0.6) is 0 Å². The SMILES string of the molecule is CO.[Fe].[MgH2].[Zn]. The largest absolute Gasteiger partial charge is 0.400 e. The normalized spacial score (nSPS) is 1.20. The Morgan fingerprint density at radius 3 is 1.20 bits per heavy atom. The van der Waals surface area contributed by atoms with Gasteiger partial charge < -0.3 is 5.11 Å². The van der Waals surface area contributed by atoms with Crippen LogP contribution in [0.3, 0.4) is 0 Å². The van der Waals surface area contributed by atoms with Crippen molar-refractivity contribution in [3.05, 3.63) is 0 Å². The van der Waals surface area contributed by atoms with Gasteiger partial charge in [0, 0.05) is 43.7 Å². The van der Waals surface area contributed by atoms with Gasteiger partial charge in [-0.15, -0.1) is 0 Å². The van der Waals surface area contributed by atoms with Gasteiger partial charge in [-0.2, -0.15) is 0 Å². The first-order valence-corrected chi connectivity index (χ1v) is 0.447. The third-order valence-electron chi connectivity index (χ3n) is 0. The summed E-state index contributed by atoms with van der Waals surface area (Å²) in [4.78, 5) is 0. The van der Waals surface area contributed by atoms with E-state index in [1.54, 1.807) is 0 Å². The number of aliphatic hydroxyl groups is 1. The van der Waals surface area contributed by atoms with Crippen LogP contribution < -0.4 is 0 Å². The quantitative estimate of drug-likeness (QED) is 0.458. The molecule has 0 aromatic heterocycles. The molecule has 0 spiro atoms. The van der Waals surface area contributed by atoms with E-state index < -0.39 is 0 Å². The summed E-state index contributed by atoms with van der Waals surface area (Å²) in [6, 6.07) is 0. The van der Waals surface area contributed by atoms with Crippen molar-refractivity contribution in [2.75, 3.05) is 7.11 Å². The Balaban J connectivity index is -0.00000000167. The van der Waals surface area contributed by atoms with Gasteiger partial charge in [0.2, 0.25) is 0 Å². The maximum Gasteiger partial charge on any atom is 0.316 e. The van der Waals surface area contributed by atoms with E-state index in [0.29, 0.717) is 0 Å².